The molecule has 0 radical (unpaired) electrons. The standard InChI is InChI=1S/C18H19N3O3S/c1-12(22)19-8-6-17(23)20-14-5-4-13-7-9-21(15(13)11-14)18(24)16-3-2-10-25-16/h2-5,10-11H,6-9H2,1H3,(H,19,22)(H,20,23). The van der Waals surface area contributed by atoms with E-state index < -0.39 is 0 Å². The molecular formula is C18H19N3O3S. The summed E-state index contributed by atoms with van der Waals surface area (Å²) in [6, 6.07) is 9.30. The van der Waals surface area contributed by atoms with Crippen molar-refractivity contribution >= 4 is 40.4 Å². The van der Waals surface area contributed by atoms with Crippen molar-refractivity contribution in [3.63, 3.8) is 0 Å². The number of thiophene rings is 1. The first kappa shape index (κ1) is 17.2. The molecule has 6 nitrogen and oxygen atoms in total. The Morgan fingerprint density at radius 2 is 2.08 bits per heavy atom. The number of hydrogen-bond donors (Lipinski definition) is 2. The molecule has 25 heavy (non-hydrogen) atoms. The van der Waals surface area contributed by atoms with E-state index in [9.17, 15) is 14.4 Å². The normalized spacial score (nSPS) is 12.6. The molecule has 3 rings (SSSR count). The van der Waals surface area contributed by atoms with E-state index in [1.54, 1.807) is 4.90 Å². The smallest absolute Gasteiger partial charge is 0.268 e. The first-order chi connectivity index (χ1) is 12.0. The van der Waals surface area contributed by atoms with Gasteiger partial charge in [-0.15, -0.1) is 11.3 Å². The van der Waals surface area contributed by atoms with Crippen LogP contribution in [0.15, 0.2) is 35.7 Å². The lowest BCUT2D eigenvalue weighted by Crippen LogP contribution is -2.28. The van der Waals surface area contributed by atoms with Gasteiger partial charge in [0.15, 0.2) is 0 Å². The van der Waals surface area contributed by atoms with Crippen molar-refractivity contribution < 1.29 is 14.4 Å². The third-order valence-electron chi connectivity index (χ3n) is 3.97. The van der Waals surface area contributed by atoms with Gasteiger partial charge in [-0.2, -0.15) is 0 Å². The molecule has 2 heterocycles. The van der Waals surface area contributed by atoms with E-state index in [2.05, 4.69) is 10.6 Å². The Kier molecular flexibility index (Phi) is 5.14. The van der Waals surface area contributed by atoms with Crippen molar-refractivity contribution in [3.05, 3.63) is 46.2 Å². The highest BCUT2D eigenvalue weighted by atomic mass is 32.1. The second kappa shape index (κ2) is 7.48. The number of anilines is 2. The fourth-order valence-corrected chi connectivity index (χ4v) is 3.45. The lowest BCUT2D eigenvalue weighted by molar-refractivity contribution is -0.119. The van der Waals surface area contributed by atoms with Gasteiger partial charge < -0.3 is 15.5 Å². The molecule has 0 saturated carbocycles. The van der Waals surface area contributed by atoms with Crippen LogP contribution < -0.4 is 15.5 Å². The Hall–Kier alpha value is -2.67. The van der Waals surface area contributed by atoms with Gasteiger partial charge in [-0.05, 0) is 35.6 Å². The summed E-state index contributed by atoms with van der Waals surface area (Å²) in [6.07, 6.45) is 1.01. The van der Waals surface area contributed by atoms with E-state index in [-0.39, 0.29) is 24.1 Å². The summed E-state index contributed by atoms with van der Waals surface area (Å²) in [5.74, 6) is -0.348. The van der Waals surface area contributed by atoms with Crippen molar-refractivity contribution in [3.8, 4) is 0 Å². The number of benzene rings is 1. The maximum atomic E-state index is 12.6. The van der Waals surface area contributed by atoms with Gasteiger partial charge in [-0.1, -0.05) is 12.1 Å². The lowest BCUT2D eigenvalue weighted by Gasteiger charge is -2.17. The Balaban J connectivity index is 1.69. The molecular weight excluding hydrogens is 338 g/mol. The van der Waals surface area contributed by atoms with E-state index in [1.165, 1.54) is 18.3 Å². The van der Waals surface area contributed by atoms with Crippen molar-refractivity contribution in [1.29, 1.82) is 0 Å². The van der Waals surface area contributed by atoms with Crippen LogP contribution in [-0.2, 0) is 16.0 Å². The van der Waals surface area contributed by atoms with Crippen LogP contribution in [-0.4, -0.2) is 30.8 Å². The number of rotatable bonds is 5. The van der Waals surface area contributed by atoms with Gasteiger partial charge in [0.05, 0.1) is 4.88 Å². The van der Waals surface area contributed by atoms with Crippen molar-refractivity contribution in [2.45, 2.75) is 19.8 Å². The Labute approximate surface area is 149 Å². The van der Waals surface area contributed by atoms with Gasteiger partial charge in [0, 0.05) is 37.8 Å². The quantitative estimate of drug-likeness (QED) is 0.863. The van der Waals surface area contributed by atoms with Crippen LogP contribution in [0, 0.1) is 0 Å². The summed E-state index contributed by atoms with van der Waals surface area (Å²) < 4.78 is 0. The average molecular weight is 357 g/mol. The summed E-state index contributed by atoms with van der Waals surface area (Å²) >= 11 is 1.42. The number of carbonyl (C=O) groups excluding carboxylic acids is 3. The molecule has 0 bridgehead atoms. The van der Waals surface area contributed by atoms with Crippen molar-refractivity contribution in [2.24, 2.45) is 0 Å². The van der Waals surface area contributed by atoms with Crippen LogP contribution in [0.5, 0.6) is 0 Å². The summed E-state index contributed by atoms with van der Waals surface area (Å²) in [5, 5.41) is 7.29. The van der Waals surface area contributed by atoms with Crippen LogP contribution >= 0.6 is 11.3 Å². The Bertz CT molecular complexity index is 802. The zero-order chi connectivity index (χ0) is 17.8. The summed E-state index contributed by atoms with van der Waals surface area (Å²) in [6.45, 7) is 2.36. The van der Waals surface area contributed by atoms with E-state index in [4.69, 9.17) is 0 Å². The minimum atomic E-state index is -0.178. The fourth-order valence-electron chi connectivity index (χ4n) is 2.78. The molecule has 1 aromatic carbocycles. The summed E-state index contributed by atoms with van der Waals surface area (Å²) in [4.78, 5) is 37.9. The molecule has 0 fully saturated rings. The van der Waals surface area contributed by atoms with Gasteiger partial charge in [0.25, 0.3) is 5.91 Å². The minimum Gasteiger partial charge on any atom is -0.356 e. The monoisotopic (exact) mass is 357 g/mol. The lowest BCUT2D eigenvalue weighted by atomic mass is 10.1. The third-order valence-corrected chi connectivity index (χ3v) is 4.83. The maximum absolute atomic E-state index is 12.6. The molecule has 2 N–H and O–H groups in total. The van der Waals surface area contributed by atoms with Crippen LogP contribution in [0.2, 0.25) is 0 Å². The molecule has 3 amide bonds. The fraction of sp³-hybridized carbons (Fsp3) is 0.278. The molecule has 0 aliphatic carbocycles. The minimum absolute atomic E-state index is 0.0112. The van der Waals surface area contributed by atoms with Crippen LogP contribution in [0.1, 0.15) is 28.6 Å². The molecule has 130 valence electrons. The number of amides is 3. The highest BCUT2D eigenvalue weighted by molar-refractivity contribution is 7.12. The topological polar surface area (TPSA) is 78.5 Å². The molecule has 0 unspecified atom stereocenters. The van der Waals surface area contributed by atoms with E-state index >= 15 is 0 Å². The second-order valence-electron chi connectivity index (χ2n) is 5.81. The van der Waals surface area contributed by atoms with Crippen molar-refractivity contribution in [2.75, 3.05) is 23.3 Å². The summed E-state index contributed by atoms with van der Waals surface area (Å²) in [5.41, 5.74) is 2.59. The number of hydrogen-bond acceptors (Lipinski definition) is 4. The number of carbonyl (C=O) groups is 3. The van der Waals surface area contributed by atoms with Gasteiger partial charge >= 0.3 is 0 Å². The number of fused-ring (bicyclic) bond motifs is 1. The average Bonchev–Trinajstić information content (AvgIpc) is 3.23. The summed E-state index contributed by atoms with van der Waals surface area (Å²) in [7, 11) is 0. The van der Waals surface area contributed by atoms with Gasteiger partial charge in [0.1, 0.15) is 0 Å². The molecule has 7 heteroatoms. The van der Waals surface area contributed by atoms with Crippen molar-refractivity contribution in [1.82, 2.24) is 5.32 Å². The largest absolute Gasteiger partial charge is 0.356 e. The third kappa shape index (κ3) is 4.06. The van der Waals surface area contributed by atoms with E-state index in [0.29, 0.717) is 23.7 Å². The van der Waals surface area contributed by atoms with Gasteiger partial charge in [-0.25, -0.2) is 0 Å². The highest BCUT2D eigenvalue weighted by Gasteiger charge is 2.26. The molecule has 1 aliphatic heterocycles. The van der Waals surface area contributed by atoms with E-state index in [1.807, 2.05) is 35.7 Å². The molecule has 0 saturated heterocycles. The molecule has 2 aromatic rings. The SMILES string of the molecule is CC(=O)NCCC(=O)Nc1ccc2c(c1)N(C(=O)c1cccs1)CC2. The zero-order valence-corrected chi connectivity index (χ0v) is 14.7. The second-order valence-corrected chi connectivity index (χ2v) is 6.76. The van der Waals surface area contributed by atoms with Crippen LogP contribution in [0.25, 0.3) is 0 Å². The Morgan fingerprint density at radius 3 is 2.80 bits per heavy atom. The maximum Gasteiger partial charge on any atom is 0.268 e. The highest BCUT2D eigenvalue weighted by Crippen LogP contribution is 2.32. The predicted molar refractivity (Wildman–Crippen MR) is 98.1 cm³/mol. The van der Waals surface area contributed by atoms with E-state index in [0.717, 1.165) is 17.7 Å². The molecule has 1 aliphatic rings. The van der Waals surface area contributed by atoms with Gasteiger partial charge in [0.2, 0.25) is 11.8 Å². The number of nitrogens with one attached hydrogen (secondary N) is 2. The molecule has 1 aromatic heterocycles. The van der Waals surface area contributed by atoms with Crippen LogP contribution in [0.3, 0.4) is 0 Å². The predicted octanol–water partition coefficient (Wildman–Crippen LogP) is 2.42. The first-order valence-corrected chi connectivity index (χ1v) is 8.95. The Morgan fingerprint density at radius 1 is 1.24 bits per heavy atom. The zero-order valence-electron chi connectivity index (χ0n) is 13.9. The first-order valence-electron chi connectivity index (χ1n) is 8.07. The molecule has 0 atom stereocenters. The van der Waals surface area contributed by atoms with Gasteiger partial charge in [-0.3, -0.25) is 14.4 Å². The van der Waals surface area contributed by atoms with Crippen LogP contribution in [0.4, 0.5) is 11.4 Å². The molecule has 0 spiro atoms. The number of nitrogens with zero attached hydrogens (tertiary/aromatic N) is 1.